The Morgan fingerprint density at radius 2 is 2.06 bits per heavy atom. The van der Waals surface area contributed by atoms with Gasteiger partial charge in [-0.25, -0.2) is 0 Å². The lowest BCUT2D eigenvalue weighted by molar-refractivity contribution is 0.415. The van der Waals surface area contributed by atoms with Crippen LogP contribution in [0, 0.1) is 0 Å². The maximum Gasteiger partial charge on any atom is 0.118 e. The SMILES string of the molecule is COc1ccc(-c2[nH]ncc2CCCN)cc1. The van der Waals surface area contributed by atoms with Gasteiger partial charge in [0.05, 0.1) is 19.0 Å². The van der Waals surface area contributed by atoms with Crippen LogP contribution in [0.3, 0.4) is 0 Å². The number of nitrogens with one attached hydrogen (secondary N) is 1. The van der Waals surface area contributed by atoms with E-state index in [0.717, 1.165) is 29.8 Å². The molecule has 3 N–H and O–H groups in total. The minimum Gasteiger partial charge on any atom is -0.497 e. The molecular weight excluding hydrogens is 214 g/mol. The number of aromatic nitrogens is 2. The Bertz CT molecular complexity index is 462. The van der Waals surface area contributed by atoms with Crippen molar-refractivity contribution in [3.8, 4) is 17.0 Å². The summed E-state index contributed by atoms with van der Waals surface area (Å²) >= 11 is 0. The molecule has 0 radical (unpaired) electrons. The Hall–Kier alpha value is -1.81. The number of hydrogen-bond acceptors (Lipinski definition) is 3. The lowest BCUT2D eigenvalue weighted by Crippen LogP contribution is -2.00. The van der Waals surface area contributed by atoms with Crippen molar-refractivity contribution in [3.05, 3.63) is 36.0 Å². The van der Waals surface area contributed by atoms with E-state index in [4.69, 9.17) is 10.5 Å². The average molecular weight is 231 g/mol. The highest BCUT2D eigenvalue weighted by Gasteiger charge is 2.07. The average Bonchev–Trinajstić information content (AvgIpc) is 2.84. The smallest absolute Gasteiger partial charge is 0.118 e. The Balaban J connectivity index is 2.23. The summed E-state index contributed by atoms with van der Waals surface area (Å²) in [7, 11) is 1.66. The van der Waals surface area contributed by atoms with Crippen LogP contribution < -0.4 is 10.5 Å². The predicted molar refractivity (Wildman–Crippen MR) is 68.0 cm³/mol. The van der Waals surface area contributed by atoms with Crippen LogP contribution in [-0.4, -0.2) is 23.9 Å². The predicted octanol–water partition coefficient (Wildman–Crippen LogP) is 1.98. The number of nitrogens with two attached hydrogens (primary N) is 1. The fourth-order valence-electron chi connectivity index (χ4n) is 1.80. The minimum atomic E-state index is 0.702. The first-order valence-corrected chi connectivity index (χ1v) is 5.72. The zero-order valence-electron chi connectivity index (χ0n) is 9.94. The molecule has 0 saturated carbocycles. The van der Waals surface area contributed by atoms with E-state index < -0.39 is 0 Å². The maximum absolute atomic E-state index is 5.52. The van der Waals surface area contributed by atoms with E-state index in [0.29, 0.717) is 6.54 Å². The molecule has 4 heteroatoms. The molecule has 0 bridgehead atoms. The van der Waals surface area contributed by atoms with Crippen molar-refractivity contribution >= 4 is 0 Å². The third-order valence-corrected chi connectivity index (χ3v) is 2.75. The van der Waals surface area contributed by atoms with Crippen LogP contribution >= 0.6 is 0 Å². The Morgan fingerprint density at radius 1 is 1.29 bits per heavy atom. The highest BCUT2D eigenvalue weighted by atomic mass is 16.5. The van der Waals surface area contributed by atoms with Crippen molar-refractivity contribution in [1.29, 1.82) is 0 Å². The largest absolute Gasteiger partial charge is 0.497 e. The second-order valence-corrected chi connectivity index (χ2v) is 3.89. The molecule has 90 valence electrons. The topological polar surface area (TPSA) is 63.9 Å². The van der Waals surface area contributed by atoms with E-state index in [1.807, 2.05) is 30.5 Å². The number of rotatable bonds is 5. The highest BCUT2D eigenvalue weighted by Crippen LogP contribution is 2.24. The molecule has 0 unspecified atom stereocenters. The molecule has 0 atom stereocenters. The first kappa shape index (κ1) is 11.7. The van der Waals surface area contributed by atoms with Gasteiger partial charge in [0.2, 0.25) is 0 Å². The quantitative estimate of drug-likeness (QED) is 0.827. The molecule has 0 fully saturated rings. The molecule has 1 aromatic heterocycles. The summed E-state index contributed by atoms with van der Waals surface area (Å²) in [4.78, 5) is 0. The summed E-state index contributed by atoms with van der Waals surface area (Å²) < 4.78 is 5.14. The van der Waals surface area contributed by atoms with Crippen LogP contribution in [0.4, 0.5) is 0 Å². The number of aromatic amines is 1. The van der Waals surface area contributed by atoms with Gasteiger partial charge in [-0.2, -0.15) is 5.10 Å². The fraction of sp³-hybridized carbons (Fsp3) is 0.308. The van der Waals surface area contributed by atoms with E-state index in [1.165, 1.54) is 5.56 Å². The van der Waals surface area contributed by atoms with E-state index in [2.05, 4.69) is 10.2 Å². The first-order chi connectivity index (χ1) is 8.35. The summed E-state index contributed by atoms with van der Waals surface area (Å²) in [6.45, 7) is 0.702. The molecule has 1 heterocycles. The van der Waals surface area contributed by atoms with Gasteiger partial charge in [0.15, 0.2) is 0 Å². The zero-order chi connectivity index (χ0) is 12.1. The van der Waals surface area contributed by atoms with Gasteiger partial charge < -0.3 is 10.5 Å². The van der Waals surface area contributed by atoms with Crippen molar-refractivity contribution in [1.82, 2.24) is 10.2 Å². The molecule has 0 aliphatic heterocycles. The van der Waals surface area contributed by atoms with Gasteiger partial charge in [-0.15, -0.1) is 0 Å². The maximum atomic E-state index is 5.52. The summed E-state index contributed by atoms with van der Waals surface area (Å²) in [5.41, 5.74) is 8.92. The fourth-order valence-corrected chi connectivity index (χ4v) is 1.80. The van der Waals surface area contributed by atoms with Gasteiger partial charge >= 0.3 is 0 Å². The molecule has 17 heavy (non-hydrogen) atoms. The summed E-state index contributed by atoms with van der Waals surface area (Å²) in [6.07, 6.45) is 3.80. The summed E-state index contributed by atoms with van der Waals surface area (Å²) in [5, 5.41) is 7.13. The minimum absolute atomic E-state index is 0.702. The molecule has 4 nitrogen and oxygen atoms in total. The van der Waals surface area contributed by atoms with Crippen LogP contribution in [0.5, 0.6) is 5.75 Å². The van der Waals surface area contributed by atoms with E-state index in [9.17, 15) is 0 Å². The second-order valence-electron chi connectivity index (χ2n) is 3.89. The summed E-state index contributed by atoms with van der Waals surface area (Å²) in [5.74, 6) is 0.858. The number of H-pyrrole nitrogens is 1. The molecule has 2 aromatic rings. The van der Waals surface area contributed by atoms with Gasteiger partial charge in [0.1, 0.15) is 5.75 Å². The van der Waals surface area contributed by atoms with E-state index in [1.54, 1.807) is 7.11 Å². The zero-order valence-corrected chi connectivity index (χ0v) is 9.94. The molecular formula is C13H17N3O. The number of hydrogen-bond donors (Lipinski definition) is 2. The molecule has 0 aliphatic rings. The molecule has 0 aliphatic carbocycles. The Kier molecular flexibility index (Phi) is 3.77. The van der Waals surface area contributed by atoms with Crippen LogP contribution in [-0.2, 0) is 6.42 Å². The lowest BCUT2D eigenvalue weighted by Gasteiger charge is -2.04. The number of benzene rings is 1. The molecule has 0 saturated heterocycles. The normalized spacial score (nSPS) is 10.5. The van der Waals surface area contributed by atoms with Crippen molar-refractivity contribution in [2.75, 3.05) is 13.7 Å². The van der Waals surface area contributed by atoms with Gasteiger partial charge in [0.25, 0.3) is 0 Å². The Labute approximate surface area is 101 Å². The van der Waals surface area contributed by atoms with Crippen molar-refractivity contribution in [2.24, 2.45) is 5.73 Å². The van der Waals surface area contributed by atoms with Crippen LogP contribution in [0.25, 0.3) is 11.3 Å². The summed E-state index contributed by atoms with van der Waals surface area (Å²) in [6, 6.07) is 7.95. The molecule has 2 rings (SSSR count). The Morgan fingerprint density at radius 3 is 2.71 bits per heavy atom. The van der Waals surface area contributed by atoms with Crippen LogP contribution in [0.1, 0.15) is 12.0 Å². The number of methoxy groups -OCH3 is 1. The number of ether oxygens (including phenoxy) is 1. The number of nitrogens with zero attached hydrogens (tertiary/aromatic N) is 1. The third-order valence-electron chi connectivity index (χ3n) is 2.75. The van der Waals surface area contributed by atoms with Crippen LogP contribution in [0.2, 0.25) is 0 Å². The van der Waals surface area contributed by atoms with E-state index in [-0.39, 0.29) is 0 Å². The van der Waals surface area contributed by atoms with Crippen molar-refractivity contribution in [2.45, 2.75) is 12.8 Å². The highest BCUT2D eigenvalue weighted by molar-refractivity contribution is 5.63. The van der Waals surface area contributed by atoms with Gasteiger partial charge in [-0.3, -0.25) is 5.10 Å². The molecule has 1 aromatic carbocycles. The number of aryl methyl sites for hydroxylation is 1. The standard InChI is InChI=1S/C13H17N3O/c1-17-12-6-4-10(5-7-12)13-11(3-2-8-14)9-15-16-13/h4-7,9H,2-3,8,14H2,1H3,(H,15,16). The third kappa shape index (κ3) is 2.65. The van der Waals surface area contributed by atoms with Crippen molar-refractivity contribution in [3.63, 3.8) is 0 Å². The molecule has 0 amide bonds. The van der Waals surface area contributed by atoms with Gasteiger partial charge in [0, 0.05) is 5.56 Å². The van der Waals surface area contributed by atoms with Gasteiger partial charge in [-0.05, 0) is 49.2 Å². The van der Waals surface area contributed by atoms with Crippen molar-refractivity contribution < 1.29 is 4.74 Å². The second kappa shape index (κ2) is 5.50. The van der Waals surface area contributed by atoms with Gasteiger partial charge in [-0.1, -0.05) is 0 Å². The first-order valence-electron chi connectivity index (χ1n) is 5.72. The van der Waals surface area contributed by atoms with E-state index >= 15 is 0 Å². The monoisotopic (exact) mass is 231 g/mol. The molecule has 0 spiro atoms. The van der Waals surface area contributed by atoms with Crippen LogP contribution in [0.15, 0.2) is 30.5 Å². The lowest BCUT2D eigenvalue weighted by atomic mass is 10.0.